The predicted molar refractivity (Wildman–Crippen MR) is 99.5 cm³/mol. The van der Waals surface area contributed by atoms with Crippen LogP contribution in [0, 0.1) is 13.8 Å². The number of hydrogen-bond acceptors (Lipinski definition) is 3. The molecule has 2 aromatic carbocycles. The van der Waals surface area contributed by atoms with Crippen LogP contribution in [0.2, 0.25) is 0 Å². The van der Waals surface area contributed by atoms with Crippen molar-refractivity contribution in [3.05, 3.63) is 58.7 Å². The Morgan fingerprint density at radius 3 is 2.48 bits per heavy atom. The standard InChI is InChI=1S/C20H24N2O3/c1-5-11-21-19(23)15-10-9-13(2)17(12-15)22-20(24)16-8-6-7-14(3)18(16)25-4/h6-10,12H,5,11H2,1-4H3,(H,21,23)(H,22,24). The second-order valence-corrected chi connectivity index (χ2v) is 5.90. The first-order valence-corrected chi connectivity index (χ1v) is 8.31. The minimum absolute atomic E-state index is 0.148. The van der Waals surface area contributed by atoms with E-state index in [1.807, 2.05) is 39.0 Å². The summed E-state index contributed by atoms with van der Waals surface area (Å²) in [6, 6.07) is 10.7. The van der Waals surface area contributed by atoms with Crippen LogP contribution < -0.4 is 15.4 Å². The molecular formula is C20H24N2O3. The molecule has 0 atom stereocenters. The van der Waals surface area contributed by atoms with Gasteiger partial charge in [0.25, 0.3) is 11.8 Å². The number of hydrogen-bond donors (Lipinski definition) is 2. The van der Waals surface area contributed by atoms with Crippen molar-refractivity contribution in [3.8, 4) is 5.75 Å². The molecule has 0 aliphatic heterocycles. The topological polar surface area (TPSA) is 67.4 Å². The van der Waals surface area contributed by atoms with Crippen molar-refractivity contribution in [2.24, 2.45) is 0 Å². The molecule has 0 heterocycles. The van der Waals surface area contributed by atoms with Gasteiger partial charge >= 0.3 is 0 Å². The van der Waals surface area contributed by atoms with Gasteiger partial charge in [-0.3, -0.25) is 9.59 Å². The van der Waals surface area contributed by atoms with Crippen LogP contribution in [-0.4, -0.2) is 25.5 Å². The van der Waals surface area contributed by atoms with Gasteiger partial charge < -0.3 is 15.4 Å². The molecule has 5 nitrogen and oxygen atoms in total. The first kappa shape index (κ1) is 18.5. The Morgan fingerprint density at radius 2 is 1.80 bits per heavy atom. The largest absolute Gasteiger partial charge is 0.496 e. The highest BCUT2D eigenvalue weighted by Crippen LogP contribution is 2.25. The number of methoxy groups -OCH3 is 1. The van der Waals surface area contributed by atoms with Gasteiger partial charge in [-0.1, -0.05) is 25.1 Å². The van der Waals surface area contributed by atoms with E-state index in [-0.39, 0.29) is 11.8 Å². The fraction of sp³-hybridized carbons (Fsp3) is 0.300. The quantitative estimate of drug-likeness (QED) is 0.842. The molecular weight excluding hydrogens is 316 g/mol. The van der Waals surface area contributed by atoms with E-state index in [0.717, 1.165) is 17.5 Å². The number of para-hydroxylation sites is 1. The van der Waals surface area contributed by atoms with Crippen LogP contribution in [0.25, 0.3) is 0 Å². The van der Waals surface area contributed by atoms with Gasteiger partial charge in [0.05, 0.1) is 12.7 Å². The van der Waals surface area contributed by atoms with Crippen LogP contribution in [0.3, 0.4) is 0 Å². The molecule has 0 radical (unpaired) electrons. The van der Waals surface area contributed by atoms with Crippen molar-refractivity contribution >= 4 is 17.5 Å². The molecule has 5 heteroatoms. The first-order valence-electron chi connectivity index (χ1n) is 8.31. The lowest BCUT2D eigenvalue weighted by atomic mass is 10.1. The fourth-order valence-electron chi connectivity index (χ4n) is 2.53. The van der Waals surface area contributed by atoms with Crippen molar-refractivity contribution in [3.63, 3.8) is 0 Å². The SMILES string of the molecule is CCCNC(=O)c1ccc(C)c(NC(=O)c2cccc(C)c2OC)c1. The van der Waals surface area contributed by atoms with Gasteiger partial charge in [-0.05, 0) is 49.6 Å². The van der Waals surface area contributed by atoms with E-state index >= 15 is 0 Å². The van der Waals surface area contributed by atoms with E-state index in [1.165, 1.54) is 0 Å². The van der Waals surface area contributed by atoms with Crippen LogP contribution in [0.5, 0.6) is 5.75 Å². The van der Waals surface area contributed by atoms with Gasteiger partial charge in [-0.2, -0.15) is 0 Å². The Hall–Kier alpha value is -2.82. The summed E-state index contributed by atoms with van der Waals surface area (Å²) in [4.78, 5) is 24.8. The third-order valence-electron chi connectivity index (χ3n) is 3.94. The number of anilines is 1. The lowest BCUT2D eigenvalue weighted by Crippen LogP contribution is -2.24. The number of benzene rings is 2. The molecule has 2 aromatic rings. The normalized spacial score (nSPS) is 10.2. The van der Waals surface area contributed by atoms with Gasteiger partial charge in [0.2, 0.25) is 0 Å². The predicted octanol–water partition coefficient (Wildman–Crippen LogP) is 3.70. The van der Waals surface area contributed by atoms with Crippen molar-refractivity contribution < 1.29 is 14.3 Å². The van der Waals surface area contributed by atoms with Gasteiger partial charge in [0, 0.05) is 17.8 Å². The molecule has 2 amide bonds. The Kier molecular flexibility index (Phi) is 6.17. The maximum absolute atomic E-state index is 12.7. The molecule has 0 spiro atoms. The molecule has 0 saturated heterocycles. The highest BCUT2D eigenvalue weighted by Gasteiger charge is 2.16. The average molecular weight is 340 g/mol. The molecule has 0 aliphatic carbocycles. The minimum Gasteiger partial charge on any atom is -0.496 e. The summed E-state index contributed by atoms with van der Waals surface area (Å²) in [6.45, 7) is 6.39. The van der Waals surface area contributed by atoms with E-state index in [9.17, 15) is 9.59 Å². The zero-order valence-electron chi connectivity index (χ0n) is 15.1. The first-order chi connectivity index (χ1) is 12.0. The number of rotatable bonds is 6. The second kappa shape index (κ2) is 8.33. The average Bonchev–Trinajstić information content (AvgIpc) is 2.61. The zero-order valence-corrected chi connectivity index (χ0v) is 15.1. The highest BCUT2D eigenvalue weighted by atomic mass is 16.5. The lowest BCUT2D eigenvalue weighted by Gasteiger charge is -2.14. The highest BCUT2D eigenvalue weighted by molar-refractivity contribution is 6.07. The van der Waals surface area contributed by atoms with Crippen molar-refractivity contribution in [1.29, 1.82) is 0 Å². The van der Waals surface area contributed by atoms with Crippen LogP contribution in [-0.2, 0) is 0 Å². The van der Waals surface area contributed by atoms with Crippen molar-refractivity contribution in [1.82, 2.24) is 5.32 Å². The molecule has 0 aromatic heterocycles. The Bertz CT molecular complexity index is 785. The maximum Gasteiger partial charge on any atom is 0.259 e. The molecule has 0 aliphatic rings. The molecule has 0 unspecified atom stereocenters. The van der Waals surface area contributed by atoms with Crippen LogP contribution in [0.4, 0.5) is 5.69 Å². The van der Waals surface area contributed by atoms with Gasteiger partial charge in [-0.25, -0.2) is 0 Å². The molecule has 132 valence electrons. The number of carbonyl (C=O) groups excluding carboxylic acids is 2. The molecule has 2 rings (SSSR count). The summed E-state index contributed by atoms with van der Waals surface area (Å²) in [5, 5.41) is 5.72. The third kappa shape index (κ3) is 4.38. The number of nitrogens with one attached hydrogen (secondary N) is 2. The van der Waals surface area contributed by atoms with Gasteiger partial charge in [0.1, 0.15) is 5.75 Å². The van der Waals surface area contributed by atoms with Gasteiger partial charge in [-0.15, -0.1) is 0 Å². The molecule has 2 N–H and O–H groups in total. The summed E-state index contributed by atoms with van der Waals surface area (Å²) in [6.07, 6.45) is 0.869. The van der Waals surface area contributed by atoms with E-state index < -0.39 is 0 Å². The summed E-state index contributed by atoms with van der Waals surface area (Å²) < 4.78 is 5.35. The van der Waals surface area contributed by atoms with Crippen molar-refractivity contribution in [2.75, 3.05) is 19.0 Å². The second-order valence-electron chi connectivity index (χ2n) is 5.90. The molecule has 0 saturated carbocycles. The smallest absolute Gasteiger partial charge is 0.259 e. The molecule has 25 heavy (non-hydrogen) atoms. The Balaban J connectivity index is 2.26. The van der Waals surface area contributed by atoms with Crippen LogP contribution >= 0.6 is 0 Å². The van der Waals surface area contributed by atoms with E-state index in [2.05, 4.69) is 10.6 Å². The molecule has 0 fully saturated rings. The Morgan fingerprint density at radius 1 is 1.04 bits per heavy atom. The molecule has 0 bridgehead atoms. The Labute approximate surface area is 148 Å². The van der Waals surface area contributed by atoms with E-state index in [1.54, 1.807) is 25.3 Å². The van der Waals surface area contributed by atoms with Crippen LogP contribution in [0.1, 0.15) is 45.2 Å². The number of carbonyl (C=O) groups is 2. The summed E-state index contributed by atoms with van der Waals surface area (Å²) in [7, 11) is 1.54. The third-order valence-corrected chi connectivity index (χ3v) is 3.94. The van der Waals surface area contributed by atoms with Gasteiger partial charge in [0.15, 0.2) is 0 Å². The minimum atomic E-state index is -0.269. The van der Waals surface area contributed by atoms with E-state index in [4.69, 9.17) is 4.74 Å². The number of ether oxygens (including phenoxy) is 1. The summed E-state index contributed by atoms with van der Waals surface area (Å²) in [5.74, 6) is 0.134. The number of aryl methyl sites for hydroxylation is 2. The van der Waals surface area contributed by atoms with Crippen LogP contribution in [0.15, 0.2) is 36.4 Å². The fourth-order valence-corrected chi connectivity index (χ4v) is 2.53. The maximum atomic E-state index is 12.7. The monoisotopic (exact) mass is 340 g/mol. The summed E-state index contributed by atoms with van der Waals surface area (Å²) in [5.41, 5.74) is 3.36. The zero-order chi connectivity index (χ0) is 18.4. The summed E-state index contributed by atoms with van der Waals surface area (Å²) >= 11 is 0. The van der Waals surface area contributed by atoms with E-state index in [0.29, 0.717) is 29.1 Å². The number of amides is 2. The van der Waals surface area contributed by atoms with Crippen molar-refractivity contribution in [2.45, 2.75) is 27.2 Å². The lowest BCUT2D eigenvalue weighted by molar-refractivity contribution is 0.0952.